The molecule has 19 heavy (non-hydrogen) atoms. The Hall–Kier alpha value is -1.76. The topological polar surface area (TPSA) is 73.2 Å². The number of benzene rings is 1. The molecule has 0 bridgehead atoms. The normalized spacial score (nSPS) is 11.8. The first-order chi connectivity index (χ1) is 8.87. The van der Waals surface area contributed by atoms with Crippen molar-refractivity contribution in [3.63, 3.8) is 0 Å². The Morgan fingerprint density at radius 3 is 2.63 bits per heavy atom. The first kappa shape index (κ1) is 13.7. The first-order valence-electron chi connectivity index (χ1n) is 5.87. The van der Waals surface area contributed by atoms with Crippen LogP contribution in [0.25, 0.3) is 10.9 Å². The monoisotopic (exact) mass is 283 g/mol. The summed E-state index contributed by atoms with van der Waals surface area (Å²) in [6, 6.07) is 3.80. The van der Waals surface area contributed by atoms with Gasteiger partial charge in [0.2, 0.25) is 10.0 Å². The lowest BCUT2D eigenvalue weighted by molar-refractivity contribution is 0.420. The van der Waals surface area contributed by atoms with E-state index in [0.717, 1.165) is 23.8 Å². The van der Waals surface area contributed by atoms with E-state index in [1.54, 1.807) is 18.8 Å². The molecule has 0 saturated carbocycles. The summed E-state index contributed by atoms with van der Waals surface area (Å²) in [6.07, 6.45) is 1.93. The number of methoxy groups -OCH3 is 1. The van der Waals surface area contributed by atoms with Crippen molar-refractivity contribution in [2.45, 2.75) is 13.3 Å². The maximum Gasteiger partial charge on any atom is 0.231 e. The van der Waals surface area contributed by atoms with Crippen molar-refractivity contribution >= 4 is 26.7 Å². The number of nitrogens with zero attached hydrogens (tertiary/aromatic N) is 2. The predicted molar refractivity (Wildman–Crippen MR) is 75.1 cm³/mol. The third kappa shape index (κ3) is 2.51. The van der Waals surface area contributed by atoms with Gasteiger partial charge in [-0.25, -0.2) is 8.42 Å². The van der Waals surface area contributed by atoms with Gasteiger partial charge >= 0.3 is 0 Å². The van der Waals surface area contributed by atoms with Gasteiger partial charge < -0.3 is 4.74 Å². The summed E-state index contributed by atoms with van der Waals surface area (Å²) in [5.74, 6) is 0.901. The van der Waals surface area contributed by atoms with E-state index in [4.69, 9.17) is 4.74 Å². The number of anilines is 1. The SMILES string of the molecule is CCc1ccc(OC)c2c(NS(C)(=O)=O)nn(C)c12. The smallest absolute Gasteiger partial charge is 0.231 e. The van der Waals surface area contributed by atoms with Crippen molar-refractivity contribution in [1.29, 1.82) is 0 Å². The molecule has 6 nitrogen and oxygen atoms in total. The van der Waals surface area contributed by atoms with Gasteiger partial charge in [0.05, 0.1) is 24.3 Å². The Balaban J connectivity index is 2.79. The van der Waals surface area contributed by atoms with E-state index in [1.807, 2.05) is 19.1 Å². The fraction of sp³-hybridized carbons (Fsp3) is 0.417. The average molecular weight is 283 g/mol. The van der Waals surface area contributed by atoms with E-state index < -0.39 is 10.0 Å². The van der Waals surface area contributed by atoms with Crippen LogP contribution in [0.2, 0.25) is 0 Å². The molecular formula is C12H17N3O3S. The third-order valence-corrected chi connectivity index (χ3v) is 3.48. The Kier molecular flexibility index (Phi) is 3.40. The van der Waals surface area contributed by atoms with Crippen molar-refractivity contribution in [3.8, 4) is 5.75 Å². The molecule has 0 aliphatic carbocycles. The van der Waals surface area contributed by atoms with Crippen LogP contribution in [-0.2, 0) is 23.5 Å². The highest BCUT2D eigenvalue weighted by Crippen LogP contribution is 2.34. The Bertz CT molecular complexity index is 719. The molecule has 7 heteroatoms. The second kappa shape index (κ2) is 4.73. The molecular weight excluding hydrogens is 266 g/mol. The lowest BCUT2D eigenvalue weighted by atomic mass is 10.1. The molecule has 2 aromatic rings. The molecule has 0 fully saturated rings. The number of rotatable bonds is 4. The lowest BCUT2D eigenvalue weighted by Crippen LogP contribution is -2.10. The highest BCUT2D eigenvalue weighted by atomic mass is 32.2. The van der Waals surface area contributed by atoms with Gasteiger partial charge in [-0.2, -0.15) is 5.10 Å². The summed E-state index contributed by atoms with van der Waals surface area (Å²) in [5.41, 5.74) is 1.97. The second-order valence-corrected chi connectivity index (χ2v) is 6.10. The number of aryl methyl sites for hydroxylation is 2. The zero-order valence-corrected chi connectivity index (χ0v) is 12.2. The van der Waals surface area contributed by atoms with Crippen molar-refractivity contribution in [1.82, 2.24) is 9.78 Å². The molecule has 1 aromatic heterocycles. The Morgan fingerprint density at radius 2 is 2.11 bits per heavy atom. The summed E-state index contributed by atoms with van der Waals surface area (Å²) in [4.78, 5) is 0. The fourth-order valence-electron chi connectivity index (χ4n) is 2.17. The van der Waals surface area contributed by atoms with Gasteiger partial charge in [-0.3, -0.25) is 9.40 Å². The highest BCUT2D eigenvalue weighted by Gasteiger charge is 2.18. The number of sulfonamides is 1. The molecule has 0 aliphatic rings. The lowest BCUT2D eigenvalue weighted by Gasteiger charge is -2.07. The summed E-state index contributed by atoms with van der Waals surface area (Å²) >= 11 is 0. The van der Waals surface area contributed by atoms with Gasteiger partial charge in [0.25, 0.3) is 0 Å². The third-order valence-electron chi connectivity index (χ3n) is 2.92. The summed E-state index contributed by atoms with van der Waals surface area (Å²) in [6.45, 7) is 2.04. The second-order valence-electron chi connectivity index (χ2n) is 4.35. The summed E-state index contributed by atoms with van der Waals surface area (Å²) in [5, 5.41) is 4.93. The van der Waals surface area contributed by atoms with Crippen molar-refractivity contribution < 1.29 is 13.2 Å². The highest BCUT2D eigenvalue weighted by molar-refractivity contribution is 7.92. The van der Waals surface area contributed by atoms with Crippen LogP contribution in [0.5, 0.6) is 5.75 Å². The van der Waals surface area contributed by atoms with Gasteiger partial charge in [-0.05, 0) is 18.1 Å². The minimum atomic E-state index is -3.38. The molecule has 0 radical (unpaired) electrons. The Morgan fingerprint density at radius 1 is 1.42 bits per heavy atom. The van der Waals surface area contributed by atoms with Gasteiger partial charge in [-0.1, -0.05) is 13.0 Å². The molecule has 2 rings (SSSR count). The van der Waals surface area contributed by atoms with Gasteiger partial charge in [0, 0.05) is 7.05 Å². The number of hydrogen-bond donors (Lipinski definition) is 1. The molecule has 0 atom stereocenters. The number of aromatic nitrogens is 2. The molecule has 104 valence electrons. The zero-order valence-electron chi connectivity index (χ0n) is 11.4. The van der Waals surface area contributed by atoms with Crippen LogP contribution in [0.4, 0.5) is 5.82 Å². The number of ether oxygens (including phenoxy) is 1. The van der Waals surface area contributed by atoms with Crippen molar-refractivity contribution in [2.75, 3.05) is 18.1 Å². The first-order valence-corrected chi connectivity index (χ1v) is 7.77. The zero-order chi connectivity index (χ0) is 14.2. The number of hydrogen-bond acceptors (Lipinski definition) is 4. The Labute approximate surface area is 112 Å². The van der Waals surface area contributed by atoms with Gasteiger partial charge in [0.1, 0.15) is 5.75 Å². The van der Waals surface area contributed by atoms with Gasteiger partial charge in [-0.15, -0.1) is 0 Å². The summed E-state index contributed by atoms with van der Waals surface area (Å²) < 4.78 is 32.2. The van der Waals surface area contributed by atoms with Crippen molar-refractivity contribution in [2.24, 2.45) is 7.05 Å². The van der Waals surface area contributed by atoms with Crippen LogP contribution in [0, 0.1) is 0 Å². The maximum absolute atomic E-state index is 11.4. The minimum absolute atomic E-state index is 0.298. The van der Waals surface area contributed by atoms with Gasteiger partial charge in [0.15, 0.2) is 5.82 Å². The quantitative estimate of drug-likeness (QED) is 0.923. The van der Waals surface area contributed by atoms with E-state index >= 15 is 0 Å². The van der Waals surface area contributed by atoms with Crippen molar-refractivity contribution in [3.05, 3.63) is 17.7 Å². The van der Waals surface area contributed by atoms with Crippen LogP contribution in [-0.4, -0.2) is 31.6 Å². The molecule has 1 aromatic carbocycles. The van der Waals surface area contributed by atoms with Crippen LogP contribution in [0.1, 0.15) is 12.5 Å². The largest absolute Gasteiger partial charge is 0.496 e. The molecule has 0 saturated heterocycles. The molecule has 0 amide bonds. The van der Waals surface area contributed by atoms with Crippen LogP contribution in [0.15, 0.2) is 12.1 Å². The molecule has 0 spiro atoms. The number of fused-ring (bicyclic) bond motifs is 1. The fourth-order valence-corrected chi connectivity index (χ4v) is 2.66. The van der Waals surface area contributed by atoms with E-state index in [0.29, 0.717) is 17.0 Å². The number of nitrogens with one attached hydrogen (secondary N) is 1. The molecule has 1 heterocycles. The summed E-state index contributed by atoms with van der Waals surface area (Å²) in [7, 11) is -0.0419. The van der Waals surface area contributed by atoms with Crippen LogP contribution >= 0.6 is 0 Å². The van der Waals surface area contributed by atoms with E-state index in [2.05, 4.69) is 9.82 Å². The molecule has 0 unspecified atom stereocenters. The maximum atomic E-state index is 11.4. The van der Waals surface area contributed by atoms with Crippen LogP contribution < -0.4 is 9.46 Å². The van der Waals surface area contributed by atoms with E-state index in [-0.39, 0.29) is 0 Å². The molecule has 0 aliphatic heterocycles. The molecule has 1 N–H and O–H groups in total. The predicted octanol–water partition coefficient (Wildman–Crippen LogP) is 1.52. The minimum Gasteiger partial charge on any atom is -0.496 e. The van der Waals surface area contributed by atoms with Crippen LogP contribution in [0.3, 0.4) is 0 Å². The van der Waals surface area contributed by atoms with E-state index in [1.165, 1.54) is 0 Å². The standard InChI is InChI=1S/C12H17N3O3S/c1-5-8-6-7-9(18-3)10-11(8)15(2)13-12(10)14-19(4,16)17/h6-7H,5H2,1-4H3,(H,13,14). The average Bonchev–Trinajstić information content (AvgIpc) is 2.64. The van der Waals surface area contributed by atoms with E-state index in [9.17, 15) is 8.42 Å².